The monoisotopic (exact) mass is 94.1 g/mol. The lowest BCUT2D eigenvalue weighted by molar-refractivity contribution is 0.824. The number of hydrogen-bond donors (Lipinski definition) is 2. The molecule has 0 saturated heterocycles. The summed E-state index contributed by atoms with van der Waals surface area (Å²) in [5, 5.41) is 0. The summed E-state index contributed by atoms with van der Waals surface area (Å²) in [6.07, 6.45) is 1.25. The van der Waals surface area contributed by atoms with Gasteiger partial charge in [0.1, 0.15) is 0 Å². The largest absolute Gasteiger partial charge is 0.412 e. The van der Waals surface area contributed by atoms with Crippen LogP contribution in [0.15, 0.2) is 0 Å². The van der Waals surface area contributed by atoms with Gasteiger partial charge in [-0.15, -0.1) is 0 Å². The summed E-state index contributed by atoms with van der Waals surface area (Å²) in [5.41, 5.74) is 0. The van der Waals surface area contributed by atoms with Crippen LogP contribution in [-0.2, 0) is 0 Å². The Morgan fingerprint density at radius 1 is 1.17 bits per heavy atom. The van der Waals surface area contributed by atoms with E-state index >= 15 is 0 Å². The Labute approximate surface area is 38.6 Å². The van der Waals surface area contributed by atoms with Gasteiger partial charge >= 0.3 is 0 Å². The zero-order valence-corrected chi connectivity index (χ0v) is 4.36. The number of rotatable bonds is 0. The van der Waals surface area contributed by atoms with E-state index in [9.17, 15) is 0 Å². The predicted octanol–water partition coefficient (Wildman–Crippen LogP) is -0.590. The summed E-state index contributed by atoms with van der Waals surface area (Å²) >= 11 is 0. The molecule has 0 aliphatic rings. The van der Waals surface area contributed by atoms with E-state index in [-0.39, 0.29) is 5.48 Å². The maximum atomic E-state index is 4.00. The second-order valence-electron chi connectivity index (χ2n) is 0.707. The molecule has 0 fully saturated rings. The minimum Gasteiger partial charge on any atom is -0.412 e. The Bertz CT molecular complexity index is 8.75. The van der Waals surface area contributed by atoms with Gasteiger partial charge in [0.15, 0.2) is 0 Å². The average molecular weight is 94.2 g/mol. The van der Waals surface area contributed by atoms with Gasteiger partial charge in [-0.25, -0.2) is 0 Å². The fraction of sp³-hybridized carbons (Fsp3) is 1.00. The van der Waals surface area contributed by atoms with E-state index in [0.29, 0.717) is 0 Å². The van der Waals surface area contributed by atoms with E-state index < -0.39 is 0 Å². The Balaban J connectivity index is -0.0000000275. The molecule has 0 aromatic heterocycles. The third kappa shape index (κ3) is 2230. The van der Waals surface area contributed by atoms with Gasteiger partial charge in [-0.05, 0) is 0 Å². The minimum absolute atomic E-state index is 0. The maximum Gasteiger partial charge on any atom is -0.0590 e. The van der Waals surface area contributed by atoms with Crippen molar-refractivity contribution >= 4 is 0 Å². The first-order valence-electron chi connectivity index (χ1n) is 1.75. The Morgan fingerprint density at radius 2 is 1.17 bits per heavy atom. The fourth-order valence-electron chi connectivity index (χ4n) is 0. The molecule has 6 heavy (non-hydrogen) atoms. The van der Waals surface area contributed by atoms with Crippen LogP contribution < -0.4 is 11.7 Å². The molecular weight excluding hydrogens is 80.0 g/mol. The van der Waals surface area contributed by atoms with Gasteiger partial charge in [0, 0.05) is 0 Å². The van der Waals surface area contributed by atoms with Gasteiger partial charge in [-0.2, -0.15) is 0 Å². The lowest BCUT2D eigenvalue weighted by Gasteiger charge is -1.48. The van der Waals surface area contributed by atoms with Crippen molar-refractivity contribution in [1.29, 1.82) is 0 Å². The molecule has 0 aromatic carbocycles. The molecule has 0 unspecified atom stereocenters. The van der Waals surface area contributed by atoms with E-state index in [1.54, 1.807) is 0 Å². The first-order valence-corrected chi connectivity index (χ1v) is 1.75. The molecule has 0 aromatic rings. The Morgan fingerprint density at radius 3 is 1.17 bits per heavy atom. The van der Waals surface area contributed by atoms with Crippen molar-refractivity contribution < 1.29 is 5.48 Å². The topological polar surface area (TPSA) is 83.5 Å². The maximum absolute atomic E-state index is 4.00. The van der Waals surface area contributed by atoms with Crippen molar-refractivity contribution in [2.75, 3.05) is 0 Å². The van der Waals surface area contributed by atoms with Crippen molar-refractivity contribution in [3.8, 4) is 0 Å². The van der Waals surface area contributed by atoms with Crippen LogP contribution in [0.4, 0.5) is 0 Å². The van der Waals surface area contributed by atoms with Crippen LogP contribution in [0.25, 0.3) is 0 Å². The second kappa shape index (κ2) is 94.9. The zero-order valence-electron chi connectivity index (χ0n) is 4.36. The summed E-state index contributed by atoms with van der Waals surface area (Å²) < 4.78 is 0. The minimum atomic E-state index is 0. The molecule has 0 heterocycles. The molecule has 3 heteroatoms. The van der Waals surface area contributed by atoms with Crippen LogP contribution in [0.5, 0.6) is 0 Å². The van der Waals surface area contributed by atoms with Crippen molar-refractivity contribution in [3.05, 3.63) is 0 Å². The Kier molecular flexibility index (Phi) is 267. The van der Waals surface area contributed by atoms with E-state index in [4.69, 9.17) is 0 Å². The SMILES string of the molecule is CCC.NN.O. The van der Waals surface area contributed by atoms with Gasteiger partial charge in [-0.3, -0.25) is 11.7 Å². The van der Waals surface area contributed by atoms with Crippen LogP contribution in [-0.4, -0.2) is 5.48 Å². The summed E-state index contributed by atoms with van der Waals surface area (Å²) in [7, 11) is 0. The molecule has 0 radical (unpaired) electrons. The van der Waals surface area contributed by atoms with Crippen molar-refractivity contribution in [2.24, 2.45) is 11.7 Å². The van der Waals surface area contributed by atoms with E-state index in [0.717, 1.165) is 0 Å². The molecule has 0 bridgehead atoms. The normalized spacial score (nSPS) is 4.00. The summed E-state index contributed by atoms with van der Waals surface area (Å²) in [5.74, 6) is 8.00. The lowest BCUT2D eigenvalue weighted by atomic mass is 10.6. The molecule has 0 amide bonds. The van der Waals surface area contributed by atoms with Crippen LogP contribution in [0.1, 0.15) is 20.3 Å². The van der Waals surface area contributed by atoms with Crippen LogP contribution in [0.2, 0.25) is 0 Å². The predicted molar refractivity (Wildman–Crippen MR) is 28.0 cm³/mol. The number of hydrazine groups is 1. The zero-order chi connectivity index (χ0) is 4.71. The molecule has 6 N–H and O–H groups in total. The second-order valence-corrected chi connectivity index (χ2v) is 0.707. The van der Waals surface area contributed by atoms with Crippen molar-refractivity contribution in [3.63, 3.8) is 0 Å². The van der Waals surface area contributed by atoms with Crippen LogP contribution in [0.3, 0.4) is 0 Å². The van der Waals surface area contributed by atoms with Gasteiger partial charge in [0.05, 0.1) is 0 Å². The van der Waals surface area contributed by atoms with Gasteiger partial charge in [0.2, 0.25) is 0 Å². The van der Waals surface area contributed by atoms with E-state index in [1.165, 1.54) is 6.42 Å². The summed E-state index contributed by atoms with van der Waals surface area (Å²) in [4.78, 5) is 0. The molecule has 0 rings (SSSR count). The molecule has 0 saturated carbocycles. The molecule has 3 nitrogen and oxygen atoms in total. The molecule has 0 spiro atoms. The molecule has 0 aliphatic carbocycles. The quantitative estimate of drug-likeness (QED) is 0.310. The van der Waals surface area contributed by atoms with Gasteiger partial charge in [0.25, 0.3) is 0 Å². The molecule has 0 aliphatic heterocycles. The van der Waals surface area contributed by atoms with Crippen molar-refractivity contribution in [1.82, 2.24) is 0 Å². The standard InChI is InChI=1S/C3H8.H4N2.H2O/c1-3-2;1-2;/h3H2,1-2H3;1-2H2;1H2. The Hall–Kier alpha value is -0.120. The third-order valence-electron chi connectivity index (χ3n) is 0. The first-order chi connectivity index (χ1) is 2.41. The summed E-state index contributed by atoms with van der Waals surface area (Å²) in [6.45, 7) is 4.25. The molecule has 42 valence electrons. The van der Waals surface area contributed by atoms with Gasteiger partial charge < -0.3 is 5.48 Å². The lowest BCUT2D eigenvalue weighted by Crippen LogP contribution is -2.02. The summed E-state index contributed by atoms with van der Waals surface area (Å²) in [6, 6.07) is 0. The van der Waals surface area contributed by atoms with Gasteiger partial charge in [-0.1, -0.05) is 20.3 Å². The number of hydrogen-bond acceptors (Lipinski definition) is 2. The fourth-order valence-corrected chi connectivity index (χ4v) is 0. The van der Waals surface area contributed by atoms with E-state index in [2.05, 4.69) is 25.5 Å². The average Bonchev–Trinajstić information content (AvgIpc) is 1.46. The highest BCUT2D eigenvalue weighted by Gasteiger charge is 1.35. The highest BCUT2D eigenvalue weighted by atomic mass is 16.0. The first kappa shape index (κ1) is 16.9. The van der Waals surface area contributed by atoms with E-state index in [1.807, 2.05) is 0 Å². The third-order valence-corrected chi connectivity index (χ3v) is 0. The number of nitrogens with two attached hydrogens (primary N) is 2. The van der Waals surface area contributed by atoms with Crippen molar-refractivity contribution in [2.45, 2.75) is 20.3 Å². The molecular formula is C3H14N2O. The van der Waals surface area contributed by atoms with Crippen LogP contribution >= 0.6 is 0 Å². The van der Waals surface area contributed by atoms with Crippen LogP contribution in [0, 0.1) is 0 Å². The highest BCUT2D eigenvalue weighted by molar-refractivity contribution is 3.92. The smallest absolute Gasteiger partial charge is 0.0590 e. The highest BCUT2D eigenvalue weighted by Crippen LogP contribution is 1.56. The molecule has 0 atom stereocenters.